The van der Waals surface area contributed by atoms with Crippen LogP contribution in [0, 0.1) is 28.5 Å². The number of amides is 1. The second kappa shape index (κ2) is 17.3. The Kier molecular flexibility index (Phi) is 12.2. The number of halogens is 2. The van der Waals surface area contributed by atoms with Crippen molar-refractivity contribution in [2.45, 2.75) is 95.9 Å². The molecular formula is C46H59F2N7O5Si. The van der Waals surface area contributed by atoms with Gasteiger partial charge < -0.3 is 34.4 Å². The second-order valence-electron chi connectivity index (χ2n) is 18.5. The number of pyridine rings is 1. The fraction of sp³-hybridized carbons (Fsp3) is 0.565. The first-order valence-corrected chi connectivity index (χ1v) is 24.1. The van der Waals surface area contributed by atoms with Crippen molar-refractivity contribution >= 4 is 41.7 Å². The number of fused-ring (bicyclic) bond motifs is 4. The van der Waals surface area contributed by atoms with Crippen molar-refractivity contribution in [1.82, 2.24) is 30.1 Å². The molecule has 5 heterocycles. The molecule has 1 amide bonds. The van der Waals surface area contributed by atoms with Gasteiger partial charge in [0.2, 0.25) is 0 Å². The van der Waals surface area contributed by atoms with Gasteiger partial charge in [0.05, 0.1) is 29.6 Å². The Balaban J connectivity index is 1.28. The van der Waals surface area contributed by atoms with E-state index in [2.05, 4.69) is 63.2 Å². The molecule has 8 rings (SSSR count). The molecule has 15 heteroatoms. The Bertz CT molecular complexity index is 2320. The summed E-state index contributed by atoms with van der Waals surface area (Å²) in [5.74, 6) is 2.96. The van der Waals surface area contributed by atoms with Gasteiger partial charge in [0.1, 0.15) is 36.7 Å². The normalized spacial score (nSPS) is 20.2. The highest BCUT2D eigenvalue weighted by atomic mass is 28.3. The van der Waals surface area contributed by atoms with Crippen LogP contribution in [0.5, 0.6) is 11.8 Å². The standard InChI is InChI=1S/C46H59F2N7O5Si/c1-28(2)61(29(3)4,30(5)6)19-12-35-38(47)11-8-31-20-34(60-27-58-7)21-36(39(31)35)41-40(48)42-37(22-50-41)43(54-23-32-9-10-33(24-54)55(32)45(56)57)52-44(51-42)59-26-46(13-14-46)25-53-17-15-49-16-18-53/h8,11,20-22,28-30,32-33,49H,9-10,13-18,23-27H2,1-7H3,(H,56,57). The minimum atomic E-state index is -2.30. The number of piperazine rings is 2. The molecule has 4 fully saturated rings. The lowest BCUT2D eigenvalue weighted by Gasteiger charge is -2.40. The number of benzene rings is 2. The van der Waals surface area contributed by atoms with Gasteiger partial charge in [0.15, 0.2) is 12.6 Å². The number of rotatable bonds is 13. The molecule has 12 nitrogen and oxygen atoms in total. The highest BCUT2D eigenvalue weighted by Crippen LogP contribution is 2.47. The Morgan fingerprint density at radius 2 is 1.69 bits per heavy atom. The second-order valence-corrected chi connectivity index (χ2v) is 24.1. The van der Waals surface area contributed by atoms with E-state index in [4.69, 9.17) is 29.2 Å². The Morgan fingerprint density at radius 1 is 1.00 bits per heavy atom. The van der Waals surface area contributed by atoms with Crippen LogP contribution < -0.4 is 19.7 Å². The maximum Gasteiger partial charge on any atom is 0.407 e. The number of aromatic nitrogens is 3. The van der Waals surface area contributed by atoms with Gasteiger partial charge >= 0.3 is 12.1 Å². The zero-order valence-electron chi connectivity index (χ0n) is 36.5. The average molecular weight is 856 g/mol. The first kappa shape index (κ1) is 43.0. The topological polar surface area (TPSA) is 125 Å². The molecule has 2 aromatic heterocycles. The maximum absolute atomic E-state index is 17.7. The number of methoxy groups -OCH3 is 1. The number of anilines is 1. The Labute approximate surface area is 358 Å². The highest BCUT2D eigenvalue weighted by Gasteiger charge is 2.46. The lowest BCUT2D eigenvalue weighted by atomic mass is 9.95. The summed E-state index contributed by atoms with van der Waals surface area (Å²) in [5.41, 5.74) is 5.05. The summed E-state index contributed by atoms with van der Waals surface area (Å²) in [6, 6.07) is 6.10. The van der Waals surface area contributed by atoms with E-state index in [1.165, 1.54) is 13.2 Å². The molecule has 2 atom stereocenters. The Hall–Kier alpha value is -4.62. The minimum absolute atomic E-state index is 0.0104. The molecule has 2 N–H and O–H groups in total. The number of hydrogen-bond donors (Lipinski definition) is 2. The van der Waals surface area contributed by atoms with Gasteiger partial charge in [-0.05, 0) is 65.9 Å². The number of hydrogen-bond acceptors (Lipinski definition) is 10. The Morgan fingerprint density at radius 3 is 2.31 bits per heavy atom. The van der Waals surface area contributed by atoms with Gasteiger partial charge in [-0.2, -0.15) is 9.97 Å². The first-order valence-electron chi connectivity index (χ1n) is 21.8. The van der Waals surface area contributed by atoms with E-state index >= 15 is 8.78 Å². The highest BCUT2D eigenvalue weighted by molar-refractivity contribution is 6.90. The van der Waals surface area contributed by atoms with E-state index in [9.17, 15) is 9.90 Å². The molecule has 3 aliphatic heterocycles. The molecular weight excluding hydrogens is 797 g/mol. The molecule has 2 aromatic carbocycles. The first-order chi connectivity index (χ1) is 29.2. The van der Waals surface area contributed by atoms with Crippen molar-refractivity contribution in [1.29, 1.82) is 0 Å². The minimum Gasteiger partial charge on any atom is -0.468 e. The van der Waals surface area contributed by atoms with E-state index in [1.807, 2.05) is 4.90 Å². The summed E-state index contributed by atoms with van der Waals surface area (Å²) in [4.78, 5) is 32.7. The molecule has 1 aliphatic carbocycles. The van der Waals surface area contributed by atoms with Crippen LogP contribution in [-0.4, -0.2) is 122 Å². The molecule has 1 saturated carbocycles. The number of ether oxygens (including phenoxy) is 3. The van der Waals surface area contributed by atoms with E-state index < -0.39 is 25.8 Å². The van der Waals surface area contributed by atoms with Gasteiger partial charge in [0, 0.05) is 75.5 Å². The van der Waals surface area contributed by atoms with Crippen molar-refractivity contribution < 1.29 is 32.9 Å². The number of carbonyl (C=O) groups is 1. The van der Waals surface area contributed by atoms with Crippen molar-refractivity contribution in [3.8, 4) is 34.5 Å². The molecule has 326 valence electrons. The van der Waals surface area contributed by atoms with Crippen LogP contribution >= 0.6 is 0 Å². The summed E-state index contributed by atoms with van der Waals surface area (Å²) in [6.07, 6.45) is 4.14. The fourth-order valence-corrected chi connectivity index (χ4v) is 15.7. The third-order valence-electron chi connectivity index (χ3n) is 13.8. The molecule has 2 unspecified atom stereocenters. The molecule has 61 heavy (non-hydrogen) atoms. The molecule has 4 aliphatic rings. The maximum atomic E-state index is 17.7. The monoisotopic (exact) mass is 855 g/mol. The lowest BCUT2D eigenvalue weighted by Crippen LogP contribution is -2.55. The van der Waals surface area contributed by atoms with Crippen LogP contribution in [-0.2, 0) is 4.74 Å². The van der Waals surface area contributed by atoms with Gasteiger partial charge in [0.25, 0.3) is 0 Å². The summed E-state index contributed by atoms with van der Waals surface area (Å²) in [7, 11) is -0.786. The van der Waals surface area contributed by atoms with Crippen LogP contribution in [0.25, 0.3) is 32.9 Å². The van der Waals surface area contributed by atoms with Crippen molar-refractivity contribution in [3.05, 3.63) is 47.7 Å². The predicted molar refractivity (Wildman–Crippen MR) is 236 cm³/mol. The van der Waals surface area contributed by atoms with Crippen LogP contribution in [0.3, 0.4) is 0 Å². The van der Waals surface area contributed by atoms with Crippen LogP contribution in [0.4, 0.5) is 19.4 Å². The predicted octanol–water partition coefficient (Wildman–Crippen LogP) is 8.07. The van der Waals surface area contributed by atoms with Crippen LogP contribution in [0.1, 0.15) is 72.8 Å². The van der Waals surface area contributed by atoms with Crippen molar-refractivity contribution in [2.75, 3.05) is 71.2 Å². The zero-order chi connectivity index (χ0) is 43.2. The number of nitrogens with zero attached hydrogens (tertiary/aromatic N) is 6. The summed E-state index contributed by atoms with van der Waals surface area (Å²) in [6.45, 7) is 19.1. The average Bonchev–Trinajstić information content (AvgIpc) is 3.94. The van der Waals surface area contributed by atoms with E-state index in [1.54, 1.807) is 29.3 Å². The smallest absolute Gasteiger partial charge is 0.407 e. The van der Waals surface area contributed by atoms with Crippen LogP contribution in [0.15, 0.2) is 30.5 Å². The quantitative estimate of drug-likeness (QED) is 0.0771. The van der Waals surface area contributed by atoms with Crippen molar-refractivity contribution in [2.24, 2.45) is 5.41 Å². The third-order valence-corrected chi connectivity index (χ3v) is 20.1. The fourth-order valence-electron chi connectivity index (χ4n) is 10.5. The lowest BCUT2D eigenvalue weighted by molar-refractivity contribution is 0.0512. The molecule has 4 aromatic rings. The van der Waals surface area contributed by atoms with E-state index in [0.29, 0.717) is 69.6 Å². The number of carboxylic acid groups (broad SMARTS) is 1. The summed E-state index contributed by atoms with van der Waals surface area (Å²) >= 11 is 0. The molecule has 0 spiro atoms. The third kappa shape index (κ3) is 8.24. The van der Waals surface area contributed by atoms with Gasteiger partial charge in [-0.25, -0.2) is 13.6 Å². The van der Waals surface area contributed by atoms with Crippen LogP contribution in [0.2, 0.25) is 16.6 Å². The summed E-state index contributed by atoms with van der Waals surface area (Å²) < 4.78 is 51.6. The zero-order valence-corrected chi connectivity index (χ0v) is 37.5. The SMILES string of the molecule is COCOc1cc(-c2ncc3c(N4CC5CCC(C4)N5C(=O)O)nc(OCC4(CN5CCNCC5)CC4)nc3c2F)c2c(C#C[Si](C(C)C)(C(C)C)C(C)C)c(F)ccc2c1. The summed E-state index contributed by atoms with van der Waals surface area (Å²) in [5, 5.41) is 14.8. The van der Waals surface area contributed by atoms with Gasteiger partial charge in [-0.1, -0.05) is 53.5 Å². The van der Waals surface area contributed by atoms with E-state index in [0.717, 1.165) is 58.4 Å². The number of nitrogens with one attached hydrogen (secondary N) is 1. The van der Waals surface area contributed by atoms with Gasteiger partial charge in [-0.15, -0.1) is 5.54 Å². The largest absolute Gasteiger partial charge is 0.468 e. The van der Waals surface area contributed by atoms with E-state index in [-0.39, 0.29) is 47.1 Å². The van der Waals surface area contributed by atoms with Crippen molar-refractivity contribution in [3.63, 3.8) is 0 Å². The van der Waals surface area contributed by atoms with Gasteiger partial charge in [-0.3, -0.25) is 9.88 Å². The molecule has 0 radical (unpaired) electrons. The molecule has 3 saturated heterocycles. The molecule has 2 bridgehead atoms.